The van der Waals surface area contributed by atoms with Gasteiger partial charge in [-0.05, 0) is 25.3 Å². The third-order valence-corrected chi connectivity index (χ3v) is 3.30. The summed E-state index contributed by atoms with van der Waals surface area (Å²) in [5.74, 6) is 0.871. The number of rotatable bonds is 7. The molecule has 1 rings (SSSR count). The number of β-amino-alcohol motifs (C(OH)–C–C–N with tert-alkyl or cyclic N) is 1. The van der Waals surface area contributed by atoms with Gasteiger partial charge in [0.05, 0.1) is 6.10 Å². The molecule has 0 aliphatic carbocycles. The predicted octanol–water partition coefficient (Wildman–Crippen LogP) is 1.47. The molecule has 1 saturated heterocycles. The first-order valence-electron chi connectivity index (χ1n) is 6.75. The molecule has 96 valence electrons. The summed E-state index contributed by atoms with van der Waals surface area (Å²) in [7, 11) is 0. The first-order chi connectivity index (χ1) is 7.61. The molecule has 1 heterocycles. The summed E-state index contributed by atoms with van der Waals surface area (Å²) in [5.41, 5.74) is 0. The lowest BCUT2D eigenvalue weighted by atomic mass is 10.0. The molecule has 0 amide bonds. The van der Waals surface area contributed by atoms with Gasteiger partial charge in [-0.25, -0.2) is 0 Å². The molecule has 1 fully saturated rings. The molecule has 0 radical (unpaired) electrons. The van der Waals surface area contributed by atoms with Crippen molar-refractivity contribution < 1.29 is 5.11 Å². The fraction of sp³-hybridized carbons (Fsp3) is 1.00. The van der Waals surface area contributed by atoms with E-state index in [9.17, 15) is 5.11 Å². The van der Waals surface area contributed by atoms with Crippen molar-refractivity contribution in [2.24, 2.45) is 5.92 Å². The van der Waals surface area contributed by atoms with E-state index in [-0.39, 0.29) is 6.10 Å². The highest BCUT2D eigenvalue weighted by Gasteiger charge is 2.23. The number of aliphatic hydroxyl groups excluding tert-OH is 1. The minimum absolute atomic E-state index is 0.220. The van der Waals surface area contributed by atoms with Gasteiger partial charge in [-0.2, -0.15) is 0 Å². The van der Waals surface area contributed by atoms with Crippen LogP contribution in [0.15, 0.2) is 0 Å². The maximum absolute atomic E-state index is 9.87. The van der Waals surface area contributed by atoms with Crippen LogP contribution in [0.2, 0.25) is 0 Å². The van der Waals surface area contributed by atoms with E-state index < -0.39 is 0 Å². The van der Waals surface area contributed by atoms with Crippen molar-refractivity contribution in [1.82, 2.24) is 10.2 Å². The highest BCUT2D eigenvalue weighted by molar-refractivity contribution is 4.78. The molecular weight excluding hydrogens is 200 g/mol. The summed E-state index contributed by atoms with van der Waals surface area (Å²) in [4.78, 5) is 2.41. The van der Waals surface area contributed by atoms with Crippen LogP contribution < -0.4 is 5.32 Å². The second-order valence-electron chi connectivity index (χ2n) is 5.42. The van der Waals surface area contributed by atoms with Crippen LogP contribution >= 0.6 is 0 Å². The standard InChI is InChI=1S/C13H28N2O/c1-4-5-12-6-7-15(9-12)10-13(16)8-14-11(2)3/h11-14,16H,4-10H2,1-3H3. The van der Waals surface area contributed by atoms with Crippen LogP contribution in [-0.4, -0.2) is 48.3 Å². The van der Waals surface area contributed by atoms with Gasteiger partial charge in [-0.15, -0.1) is 0 Å². The van der Waals surface area contributed by atoms with E-state index in [2.05, 4.69) is 31.0 Å². The second-order valence-corrected chi connectivity index (χ2v) is 5.42. The summed E-state index contributed by atoms with van der Waals surface area (Å²) < 4.78 is 0. The summed E-state index contributed by atoms with van der Waals surface area (Å²) >= 11 is 0. The van der Waals surface area contributed by atoms with Gasteiger partial charge in [0.15, 0.2) is 0 Å². The normalized spacial score (nSPS) is 24.2. The first kappa shape index (κ1) is 13.9. The number of aliphatic hydroxyl groups is 1. The number of hydrogen-bond acceptors (Lipinski definition) is 3. The zero-order chi connectivity index (χ0) is 12.0. The number of nitrogens with zero attached hydrogens (tertiary/aromatic N) is 1. The van der Waals surface area contributed by atoms with Crippen LogP contribution in [0.1, 0.15) is 40.0 Å². The van der Waals surface area contributed by atoms with Crippen molar-refractivity contribution in [2.75, 3.05) is 26.2 Å². The van der Waals surface area contributed by atoms with Gasteiger partial charge in [0.25, 0.3) is 0 Å². The average molecular weight is 228 g/mol. The fourth-order valence-electron chi connectivity index (χ4n) is 2.46. The van der Waals surface area contributed by atoms with Crippen LogP contribution in [0.4, 0.5) is 0 Å². The Bertz CT molecular complexity index is 185. The molecule has 2 atom stereocenters. The maximum Gasteiger partial charge on any atom is 0.0791 e. The van der Waals surface area contributed by atoms with Crippen LogP contribution in [0.3, 0.4) is 0 Å². The van der Waals surface area contributed by atoms with Crippen molar-refractivity contribution >= 4 is 0 Å². The van der Waals surface area contributed by atoms with E-state index in [0.29, 0.717) is 12.6 Å². The SMILES string of the molecule is CCCC1CCN(CC(O)CNC(C)C)C1. The third-order valence-electron chi connectivity index (χ3n) is 3.30. The number of nitrogens with one attached hydrogen (secondary N) is 1. The molecule has 2 N–H and O–H groups in total. The Morgan fingerprint density at radius 2 is 2.19 bits per heavy atom. The van der Waals surface area contributed by atoms with Crippen LogP contribution in [0.25, 0.3) is 0 Å². The number of hydrogen-bond donors (Lipinski definition) is 2. The summed E-state index contributed by atoms with van der Waals surface area (Å²) in [6.07, 6.45) is 3.73. The summed E-state index contributed by atoms with van der Waals surface area (Å²) in [6, 6.07) is 0.459. The highest BCUT2D eigenvalue weighted by Crippen LogP contribution is 2.20. The number of likely N-dealkylation sites (tertiary alicyclic amines) is 1. The van der Waals surface area contributed by atoms with Crippen LogP contribution in [-0.2, 0) is 0 Å². The molecule has 16 heavy (non-hydrogen) atoms. The second kappa shape index (κ2) is 7.25. The molecule has 2 unspecified atom stereocenters. The van der Waals surface area contributed by atoms with E-state index in [1.165, 1.54) is 32.4 Å². The zero-order valence-corrected chi connectivity index (χ0v) is 11.1. The lowest BCUT2D eigenvalue weighted by molar-refractivity contribution is 0.119. The molecule has 0 spiro atoms. The molecule has 0 aromatic carbocycles. The van der Waals surface area contributed by atoms with Gasteiger partial charge >= 0.3 is 0 Å². The topological polar surface area (TPSA) is 35.5 Å². The van der Waals surface area contributed by atoms with E-state index in [0.717, 1.165) is 12.5 Å². The van der Waals surface area contributed by atoms with Gasteiger partial charge in [0, 0.05) is 25.7 Å². The van der Waals surface area contributed by atoms with Gasteiger partial charge in [-0.3, -0.25) is 0 Å². The molecule has 3 nitrogen and oxygen atoms in total. The van der Waals surface area contributed by atoms with Crippen LogP contribution in [0.5, 0.6) is 0 Å². The van der Waals surface area contributed by atoms with Crippen molar-refractivity contribution in [3.8, 4) is 0 Å². The van der Waals surface area contributed by atoms with Crippen LogP contribution in [0, 0.1) is 5.92 Å². The molecular formula is C13H28N2O. The predicted molar refractivity (Wildman–Crippen MR) is 68.6 cm³/mol. The quantitative estimate of drug-likeness (QED) is 0.692. The Balaban J connectivity index is 2.13. The molecule has 0 aromatic rings. The minimum atomic E-state index is -0.220. The van der Waals surface area contributed by atoms with Gasteiger partial charge in [-0.1, -0.05) is 27.2 Å². The summed E-state index contributed by atoms with van der Waals surface area (Å²) in [5, 5.41) is 13.1. The lowest BCUT2D eigenvalue weighted by Crippen LogP contribution is -2.39. The largest absolute Gasteiger partial charge is 0.390 e. The van der Waals surface area contributed by atoms with E-state index in [1.54, 1.807) is 0 Å². The van der Waals surface area contributed by atoms with Gasteiger partial charge < -0.3 is 15.3 Å². The molecule has 0 bridgehead atoms. The molecule has 3 heteroatoms. The smallest absolute Gasteiger partial charge is 0.0791 e. The van der Waals surface area contributed by atoms with Crippen molar-refractivity contribution in [3.05, 3.63) is 0 Å². The maximum atomic E-state index is 9.87. The Labute approximate surface area is 100 Å². The van der Waals surface area contributed by atoms with E-state index in [1.807, 2.05) is 0 Å². The van der Waals surface area contributed by atoms with E-state index in [4.69, 9.17) is 0 Å². The fourth-order valence-corrected chi connectivity index (χ4v) is 2.46. The highest BCUT2D eigenvalue weighted by atomic mass is 16.3. The van der Waals surface area contributed by atoms with Gasteiger partial charge in [0.1, 0.15) is 0 Å². The third kappa shape index (κ3) is 5.28. The molecule has 0 saturated carbocycles. The first-order valence-corrected chi connectivity index (χ1v) is 6.75. The minimum Gasteiger partial charge on any atom is -0.390 e. The zero-order valence-electron chi connectivity index (χ0n) is 11.1. The molecule has 1 aliphatic heterocycles. The Morgan fingerprint density at radius 1 is 1.44 bits per heavy atom. The Hall–Kier alpha value is -0.120. The lowest BCUT2D eigenvalue weighted by Gasteiger charge is -2.21. The van der Waals surface area contributed by atoms with Crippen molar-refractivity contribution in [3.63, 3.8) is 0 Å². The average Bonchev–Trinajstić information content (AvgIpc) is 2.63. The monoisotopic (exact) mass is 228 g/mol. The van der Waals surface area contributed by atoms with Gasteiger partial charge in [0.2, 0.25) is 0 Å². The van der Waals surface area contributed by atoms with Crippen molar-refractivity contribution in [2.45, 2.75) is 52.2 Å². The van der Waals surface area contributed by atoms with E-state index >= 15 is 0 Å². The van der Waals surface area contributed by atoms with Crippen molar-refractivity contribution in [1.29, 1.82) is 0 Å². The Morgan fingerprint density at radius 3 is 2.81 bits per heavy atom. The molecule has 0 aromatic heterocycles. The Kier molecular flexibility index (Phi) is 6.32. The summed E-state index contributed by atoms with van der Waals surface area (Å²) in [6.45, 7) is 10.4. The molecule has 1 aliphatic rings.